The van der Waals surface area contributed by atoms with Crippen molar-refractivity contribution in [1.29, 1.82) is 0 Å². The molecule has 3 aliphatic rings. The van der Waals surface area contributed by atoms with E-state index in [9.17, 15) is 9.59 Å². The fourth-order valence-corrected chi connectivity index (χ4v) is 3.99. The number of nitrogens with one attached hydrogen (secondary N) is 1. The van der Waals surface area contributed by atoms with Crippen molar-refractivity contribution >= 4 is 11.8 Å². The monoisotopic (exact) mass is 338 g/mol. The Hall–Kier alpha value is -1.18. The molecule has 7 heteroatoms. The van der Waals surface area contributed by atoms with Gasteiger partial charge in [-0.05, 0) is 38.8 Å². The van der Waals surface area contributed by atoms with E-state index in [0.29, 0.717) is 19.6 Å². The zero-order chi connectivity index (χ0) is 17.0. The molecule has 0 saturated carbocycles. The lowest BCUT2D eigenvalue weighted by atomic mass is 9.90. The van der Waals surface area contributed by atoms with E-state index < -0.39 is 5.60 Å². The quantitative estimate of drug-likeness (QED) is 0.750. The van der Waals surface area contributed by atoms with Crippen molar-refractivity contribution in [3.63, 3.8) is 0 Å². The lowest BCUT2D eigenvalue weighted by Crippen LogP contribution is -2.59. The number of hydrogen-bond acceptors (Lipinski definition) is 5. The van der Waals surface area contributed by atoms with Crippen LogP contribution in [-0.2, 0) is 14.3 Å². The van der Waals surface area contributed by atoms with E-state index in [1.165, 1.54) is 0 Å². The number of piperidine rings is 1. The Bertz CT molecular complexity index is 451. The van der Waals surface area contributed by atoms with Crippen LogP contribution in [0.3, 0.4) is 0 Å². The van der Waals surface area contributed by atoms with E-state index in [4.69, 9.17) is 4.74 Å². The first-order valence-corrected chi connectivity index (χ1v) is 9.20. The second-order valence-corrected chi connectivity index (χ2v) is 7.10. The van der Waals surface area contributed by atoms with E-state index >= 15 is 0 Å². The first-order chi connectivity index (χ1) is 11.6. The van der Waals surface area contributed by atoms with Crippen LogP contribution in [-0.4, -0.2) is 98.1 Å². The third-order valence-corrected chi connectivity index (χ3v) is 5.67. The predicted molar refractivity (Wildman–Crippen MR) is 90.7 cm³/mol. The maximum absolute atomic E-state index is 12.9. The van der Waals surface area contributed by atoms with Crippen molar-refractivity contribution in [2.45, 2.75) is 31.3 Å². The van der Waals surface area contributed by atoms with Gasteiger partial charge in [-0.3, -0.25) is 14.5 Å². The topological polar surface area (TPSA) is 65.1 Å². The molecule has 0 aromatic heterocycles. The molecule has 3 fully saturated rings. The second-order valence-electron chi connectivity index (χ2n) is 7.10. The molecule has 3 saturated heterocycles. The van der Waals surface area contributed by atoms with Crippen molar-refractivity contribution < 1.29 is 14.3 Å². The summed E-state index contributed by atoms with van der Waals surface area (Å²) < 4.78 is 5.65. The summed E-state index contributed by atoms with van der Waals surface area (Å²) in [6.07, 6.45) is 3.72. The molecule has 24 heavy (non-hydrogen) atoms. The van der Waals surface area contributed by atoms with Crippen molar-refractivity contribution in [1.82, 2.24) is 20.0 Å². The molecule has 3 rings (SSSR count). The number of ether oxygens (including phenoxy) is 1. The smallest absolute Gasteiger partial charge is 0.254 e. The highest BCUT2D eigenvalue weighted by Gasteiger charge is 2.43. The number of methoxy groups -OCH3 is 1. The highest BCUT2D eigenvalue weighted by molar-refractivity contribution is 5.85. The molecule has 136 valence electrons. The molecule has 0 aromatic carbocycles. The number of rotatable bonds is 4. The van der Waals surface area contributed by atoms with Gasteiger partial charge in [0.05, 0.1) is 6.54 Å². The normalized spacial score (nSPS) is 25.0. The van der Waals surface area contributed by atoms with Gasteiger partial charge >= 0.3 is 0 Å². The Morgan fingerprint density at radius 1 is 0.958 bits per heavy atom. The number of piperazine rings is 1. The van der Waals surface area contributed by atoms with Gasteiger partial charge in [-0.25, -0.2) is 0 Å². The molecular formula is C17H30N4O3. The van der Waals surface area contributed by atoms with Crippen LogP contribution in [0.5, 0.6) is 0 Å². The Morgan fingerprint density at radius 2 is 1.58 bits per heavy atom. The molecule has 2 amide bonds. The van der Waals surface area contributed by atoms with Gasteiger partial charge in [-0.15, -0.1) is 0 Å². The van der Waals surface area contributed by atoms with Gasteiger partial charge in [-0.2, -0.15) is 0 Å². The van der Waals surface area contributed by atoms with Gasteiger partial charge in [0, 0.05) is 46.4 Å². The third kappa shape index (κ3) is 3.73. The average molecular weight is 338 g/mol. The summed E-state index contributed by atoms with van der Waals surface area (Å²) >= 11 is 0. The van der Waals surface area contributed by atoms with Crippen molar-refractivity contribution in [2.24, 2.45) is 0 Å². The van der Waals surface area contributed by atoms with Crippen LogP contribution in [0, 0.1) is 0 Å². The van der Waals surface area contributed by atoms with Gasteiger partial charge in [0.1, 0.15) is 5.60 Å². The Kier molecular flexibility index (Phi) is 5.73. The van der Waals surface area contributed by atoms with Crippen LogP contribution in [0.2, 0.25) is 0 Å². The molecule has 3 aliphatic heterocycles. The van der Waals surface area contributed by atoms with Crippen molar-refractivity contribution in [3.8, 4) is 0 Å². The molecule has 0 aliphatic carbocycles. The zero-order valence-corrected chi connectivity index (χ0v) is 14.8. The predicted octanol–water partition coefficient (Wildman–Crippen LogP) is -0.478. The maximum Gasteiger partial charge on any atom is 0.254 e. The minimum absolute atomic E-state index is 0.122. The van der Waals surface area contributed by atoms with E-state index in [1.807, 2.05) is 9.80 Å². The third-order valence-electron chi connectivity index (χ3n) is 5.67. The molecule has 1 N–H and O–H groups in total. The van der Waals surface area contributed by atoms with Gasteiger partial charge in [0.25, 0.3) is 5.91 Å². The summed E-state index contributed by atoms with van der Waals surface area (Å²) in [6.45, 7) is 6.85. The van der Waals surface area contributed by atoms with Crippen molar-refractivity contribution in [2.75, 3.05) is 66.0 Å². The minimum Gasteiger partial charge on any atom is -0.368 e. The zero-order valence-electron chi connectivity index (χ0n) is 14.8. The summed E-state index contributed by atoms with van der Waals surface area (Å²) in [5.74, 6) is 0.357. The van der Waals surface area contributed by atoms with Gasteiger partial charge in [-0.1, -0.05) is 0 Å². The van der Waals surface area contributed by atoms with E-state index in [-0.39, 0.29) is 11.8 Å². The number of carbonyl (C=O) groups is 2. The lowest BCUT2D eigenvalue weighted by Gasteiger charge is -2.42. The molecule has 0 aromatic rings. The Balaban J connectivity index is 1.49. The average Bonchev–Trinajstić information content (AvgIpc) is 3.17. The highest BCUT2D eigenvalue weighted by atomic mass is 16.5. The lowest BCUT2D eigenvalue weighted by molar-refractivity contribution is -0.160. The highest BCUT2D eigenvalue weighted by Crippen LogP contribution is 2.25. The van der Waals surface area contributed by atoms with Crippen LogP contribution >= 0.6 is 0 Å². The standard InChI is InChI=1S/C17H30N4O3/c1-24-17(4-6-18-7-5-17)16(23)21-12-10-19(11-13-21)14-15(22)20-8-2-3-9-20/h18H,2-14H2,1H3. The summed E-state index contributed by atoms with van der Waals surface area (Å²) in [4.78, 5) is 31.2. The van der Waals surface area contributed by atoms with Gasteiger partial charge in [0.15, 0.2) is 0 Å². The minimum atomic E-state index is -0.654. The largest absolute Gasteiger partial charge is 0.368 e. The van der Waals surface area contributed by atoms with Crippen LogP contribution < -0.4 is 5.32 Å². The van der Waals surface area contributed by atoms with Crippen molar-refractivity contribution in [3.05, 3.63) is 0 Å². The van der Waals surface area contributed by atoms with Gasteiger partial charge in [0.2, 0.25) is 5.91 Å². The number of likely N-dealkylation sites (tertiary alicyclic amines) is 1. The van der Waals surface area contributed by atoms with Crippen LogP contribution in [0.15, 0.2) is 0 Å². The molecule has 3 heterocycles. The summed E-state index contributed by atoms with van der Waals surface area (Å²) in [6, 6.07) is 0. The summed E-state index contributed by atoms with van der Waals surface area (Å²) in [5.41, 5.74) is -0.654. The first kappa shape index (κ1) is 17.6. The molecule has 0 bridgehead atoms. The summed E-state index contributed by atoms with van der Waals surface area (Å²) in [7, 11) is 1.65. The second kappa shape index (κ2) is 7.80. The Labute approximate surface area is 144 Å². The molecule has 0 radical (unpaired) electrons. The fraction of sp³-hybridized carbons (Fsp3) is 0.882. The van der Waals surface area contributed by atoms with Crippen LogP contribution in [0.1, 0.15) is 25.7 Å². The van der Waals surface area contributed by atoms with Gasteiger partial charge < -0.3 is 19.9 Å². The molecular weight excluding hydrogens is 308 g/mol. The number of nitrogens with zero attached hydrogens (tertiary/aromatic N) is 3. The first-order valence-electron chi connectivity index (χ1n) is 9.20. The van der Waals surface area contributed by atoms with E-state index in [1.54, 1.807) is 7.11 Å². The molecule has 0 spiro atoms. The van der Waals surface area contributed by atoms with E-state index in [2.05, 4.69) is 10.2 Å². The number of carbonyl (C=O) groups excluding carboxylic acids is 2. The molecule has 7 nitrogen and oxygen atoms in total. The maximum atomic E-state index is 12.9. The summed E-state index contributed by atoms with van der Waals surface area (Å²) in [5, 5.41) is 3.29. The molecule has 0 atom stereocenters. The SMILES string of the molecule is COC1(C(=O)N2CCN(CC(=O)N3CCCC3)CC2)CCNCC1. The number of amides is 2. The van der Waals surface area contributed by atoms with Crippen LogP contribution in [0.4, 0.5) is 0 Å². The number of hydrogen-bond donors (Lipinski definition) is 1. The fourth-order valence-electron chi connectivity index (χ4n) is 3.99. The van der Waals surface area contributed by atoms with E-state index in [0.717, 1.165) is 65.0 Å². The van der Waals surface area contributed by atoms with Crippen LogP contribution in [0.25, 0.3) is 0 Å². The molecule has 0 unspecified atom stereocenters. The Morgan fingerprint density at radius 3 is 2.17 bits per heavy atom.